The van der Waals surface area contributed by atoms with E-state index in [1.165, 1.54) is 6.33 Å². The summed E-state index contributed by atoms with van der Waals surface area (Å²) >= 11 is 3.08. The molecule has 4 heterocycles. The van der Waals surface area contributed by atoms with E-state index in [1.807, 2.05) is 154 Å². The van der Waals surface area contributed by atoms with Gasteiger partial charge >= 0.3 is 0 Å². The Morgan fingerprint density at radius 3 is 1.40 bits per heavy atom. The molecule has 2 atom stereocenters. The number of fused-ring (bicyclic) bond motifs is 3. The van der Waals surface area contributed by atoms with Gasteiger partial charge in [-0.2, -0.15) is 0 Å². The van der Waals surface area contributed by atoms with Crippen molar-refractivity contribution < 1.29 is 9.13 Å². The average molecular weight is 798 g/mol. The number of benzene rings is 4. The minimum Gasteiger partial charge on any atom is -0.313 e. The molecule has 8 aromatic rings. The second-order valence-electron chi connectivity index (χ2n) is 13.6. The largest absolute Gasteiger partial charge is 0.313 e. The number of rotatable bonds is 11. The molecule has 0 saturated heterocycles. The summed E-state index contributed by atoms with van der Waals surface area (Å²) in [7, 11) is -6.35. The van der Waals surface area contributed by atoms with Crippen LogP contribution in [0.5, 0.6) is 0 Å². The second-order valence-corrected chi connectivity index (χ2v) is 22.6. The Labute approximate surface area is 328 Å². The van der Waals surface area contributed by atoms with E-state index in [-0.39, 0.29) is 17.3 Å². The minimum absolute atomic E-state index is 0.190. The van der Waals surface area contributed by atoms with E-state index in [9.17, 15) is 0 Å². The predicted molar refractivity (Wildman–Crippen MR) is 226 cm³/mol. The number of nitrogens with zero attached hydrogens (tertiary/aromatic N) is 7. The van der Waals surface area contributed by atoms with E-state index < -0.39 is 14.3 Å². The van der Waals surface area contributed by atoms with Crippen LogP contribution in [0.15, 0.2) is 160 Å². The summed E-state index contributed by atoms with van der Waals surface area (Å²) in [6, 6.07) is 39.5. The van der Waals surface area contributed by atoms with Gasteiger partial charge in [-0.15, -0.1) is 20.4 Å². The Bertz CT molecular complexity index is 2580. The molecule has 0 bridgehead atoms. The lowest BCUT2D eigenvalue weighted by molar-refractivity contribution is 0.581. The van der Waals surface area contributed by atoms with Crippen LogP contribution in [0.2, 0.25) is 0 Å². The van der Waals surface area contributed by atoms with Crippen molar-refractivity contribution in [2.24, 2.45) is 0 Å². The van der Waals surface area contributed by atoms with Crippen molar-refractivity contribution in [3.05, 3.63) is 140 Å². The molecule has 0 N–H and O–H groups in total. The summed E-state index contributed by atoms with van der Waals surface area (Å²) in [5, 5.41) is 23.4. The molecule has 0 aliphatic rings. The second kappa shape index (κ2) is 15.3. The lowest BCUT2D eigenvalue weighted by atomic mass is 10.1. The number of pyridine rings is 2. The topological polar surface area (TPSA) is 116 Å². The molecule has 4 aromatic heterocycles. The summed E-state index contributed by atoms with van der Waals surface area (Å²) in [5.74, 6) is 0.262. The first-order valence-corrected chi connectivity index (χ1v) is 23.0. The molecule has 13 heteroatoms. The van der Waals surface area contributed by atoms with E-state index in [0.717, 1.165) is 52.3 Å². The molecular weight excluding hydrogens is 761 g/mol. The smallest absolute Gasteiger partial charge is 0.273 e. The highest BCUT2D eigenvalue weighted by Crippen LogP contribution is 2.51. The molecule has 0 radical (unpaired) electrons. The van der Waals surface area contributed by atoms with E-state index >= 15 is 9.13 Å². The molecule has 8 rings (SSSR count). The number of aromatic nitrogens is 7. The maximum atomic E-state index is 15.5. The van der Waals surface area contributed by atoms with Gasteiger partial charge in [-0.3, -0.25) is 4.57 Å². The van der Waals surface area contributed by atoms with Crippen LogP contribution < -0.4 is 21.2 Å². The van der Waals surface area contributed by atoms with Crippen molar-refractivity contribution >= 4 is 80.8 Å². The van der Waals surface area contributed by atoms with Gasteiger partial charge in [0.05, 0.1) is 11.0 Å². The third-order valence-electron chi connectivity index (χ3n) is 9.68. The van der Waals surface area contributed by atoms with Crippen LogP contribution in [0.25, 0.3) is 27.8 Å². The first-order chi connectivity index (χ1) is 26.7. The molecular formula is C42H37N7O2P2S2. The van der Waals surface area contributed by atoms with Gasteiger partial charge in [0.1, 0.15) is 24.3 Å². The number of hydrogen-bond donors (Lipinski definition) is 0. The van der Waals surface area contributed by atoms with Crippen LogP contribution in [0, 0.1) is 0 Å². The van der Waals surface area contributed by atoms with E-state index in [0.29, 0.717) is 10.6 Å². The summed E-state index contributed by atoms with van der Waals surface area (Å²) in [6.45, 7) is 8.03. The van der Waals surface area contributed by atoms with Gasteiger partial charge in [0, 0.05) is 65.5 Å². The molecule has 2 unspecified atom stereocenters. The lowest BCUT2D eigenvalue weighted by Gasteiger charge is -2.24. The third kappa shape index (κ3) is 6.95. The monoisotopic (exact) mass is 797 g/mol. The molecule has 0 aliphatic heterocycles. The summed E-state index contributed by atoms with van der Waals surface area (Å²) < 4.78 is 32.8. The Hall–Kier alpha value is -4.92. The highest BCUT2D eigenvalue weighted by Gasteiger charge is 2.34. The van der Waals surface area contributed by atoms with Crippen LogP contribution >= 0.6 is 37.8 Å². The van der Waals surface area contributed by atoms with Gasteiger partial charge in [-0.25, -0.2) is 9.97 Å². The van der Waals surface area contributed by atoms with Crippen molar-refractivity contribution in [3.8, 4) is 5.95 Å². The summed E-state index contributed by atoms with van der Waals surface area (Å²) in [4.78, 5) is 10.9. The highest BCUT2D eigenvalue weighted by molar-refractivity contribution is 7.99. The molecule has 4 aromatic carbocycles. The Balaban J connectivity index is 1.28. The van der Waals surface area contributed by atoms with Crippen LogP contribution in [-0.4, -0.2) is 46.2 Å². The van der Waals surface area contributed by atoms with E-state index in [2.05, 4.69) is 30.4 Å². The summed E-state index contributed by atoms with van der Waals surface area (Å²) in [5.41, 5.74) is 1.13. The zero-order valence-electron chi connectivity index (χ0n) is 30.6. The van der Waals surface area contributed by atoms with Crippen molar-refractivity contribution in [2.45, 2.75) is 58.9 Å². The van der Waals surface area contributed by atoms with Crippen molar-refractivity contribution in [3.63, 3.8) is 0 Å². The third-order valence-corrected chi connectivity index (χ3v) is 18.6. The molecule has 0 amide bonds. The number of hydrogen-bond acceptors (Lipinski definition) is 10. The first kappa shape index (κ1) is 37.0. The lowest BCUT2D eigenvalue weighted by Crippen LogP contribution is -2.23. The normalized spacial score (nSPS) is 14.0. The standard InChI is InChI=1S/C42H37N7O2P2S2/c1-28(2)52(50,30-11-9-13-34(23-30)54-40-15-5-7-21-43-40)32-17-19-36-37-20-18-33(26-39(37)49(38(36)25-32)42-47-45-27-46-48-42)53(51,29(3)4)31-12-10-14-35(24-31)55-41-16-6-8-22-44-41/h5-29H,1-4H3. The van der Waals surface area contributed by atoms with Crippen LogP contribution in [0.4, 0.5) is 0 Å². The fraction of sp³-hybridized carbons (Fsp3) is 0.143. The Kier molecular flexibility index (Phi) is 10.3. The van der Waals surface area contributed by atoms with Crippen LogP contribution in [0.1, 0.15) is 27.7 Å². The zero-order chi connectivity index (χ0) is 38.2. The Morgan fingerprint density at radius 1 is 0.527 bits per heavy atom. The van der Waals surface area contributed by atoms with Crippen molar-refractivity contribution in [2.75, 3.05) is 0 Å². The van der Waals surface area contributed by atoms with Crippen LogP contribution in [0.3, 0.4) is 0 Å². The van der Waals surface area contributed by atoms with E-state index in [1.54, 1.807) is 35.9 Å². The molecule has 55 heavy (non-hydrogen) atoms. The fourth-order valence-corrected chi connectivity index (χ4v) is 14.3. The molecule has 0 spiro atoms. The first-order valence-electron chi connectivity index (χ1n) is 17.8. The zero-order valence-corrected chi connectivity index (χ0v) is 34.0. The predicted octanol–water partition coefficient (Wildman–Crippen LogP) is 8.90. The molecule has 274 valence electrons. The van der Waals surface area contributed by atoms with Gasteiger partial charge in [0.25, 0.3) is 5.95 Å². The molecule has 9 nitrogen and oxygen atoms in total. The molecule has 0 saturated carbocycles. The quantitative estimate of drug-likeness (QED) is 0.118. The van der Waals surface area contributed by atoms with E-state index in [4.69, 9.17) is 0 Å². The SMILES string of the molecule is CC(C)P(=O)(c1cccc(Sc2ccccn2)c1)c1ccc2c3ccc(P(=O)(c4cccc(Sc5ccccn5)c4)C(C)C)cc3n(-c3nncnn3)c2c1. The van der Waals surface area contributed by atoms with Crippen molar-refractivity contribution in [1.29, 1.82) is 0 Å². The van der Waals surface area contributed by atoms with Gasteiger partial charge in [0.2, 0.25) is 0 Å². The minimum atomic E-state index is -3.18. The maximum Gasteiger partial charge on any atom is 0.273 e. The molecule has 0 fully saturated rings. The van der Waals surface area contributed by atoms with Gasteiger partial charge < -0.3 is 9.13 Å². The highest BCUT2D eigenvalue weighted by atomic mass is 32.2. The summed E-state index contributed by atoms with van der Waals surface area (Å²) in [6.07, 6.45) is 4.83. The molecule has 0 aliphatic carbocycles. The fourth-order valence-electron chi connectivity index (χ4n) is 6.97. The van der Waals surface area contributed by atoms with Crippen molar-refractivity contribution in [1.82, 2.24) is 34.9 Å². The average Bonchev–Trinajstić information content (AvgIpc) is 3.54. The van der Waals surface area contributed by atoms with Gasteiger partial charge in [0.15, 0.2) is 6.33 Å². The Morgan fingerprint density at radius 2 is 0.982 bits per heavy atom. The van der Waals surface area contributed by atoms with Gasteiger partial charge in [-0.1, -0.05) is 112 Å². The van der Waals surface area contributed by atoms with Gasteiger partial charge in [-0.05, 0) is 60.7 Å². The van der Waals surface area contributed by atoms with Crippen LogP contribution in [-0.2, 0) is 9.13 Å². The maximum absolute atomic E-state index is 15.5.